The van der Waals surface area contributed by atoms with Crippen molar-refractivity contribution in [1.29, 1.82) is 0 Å². The van der Waals surface area contributed by atoms with Crippen LogP contribution in [0.5, 0.6) is 0 Å². The zero-order valence-electron chi connectivity index (χ0n) is 7.10. The van der Waals surface area contributed by atoms with Crippen LogP contribution in [-0.2, 0) is 9.53 Å². The summed E-state index contributed by atoms with van der Waals surface area (Å²) in [6.45, 7) is 4.57. The predicted octanol–water partition coefficient (Wildman–Crippen LogP) is 1.38. The van der Waals surface area contributed by atoms with Crippen molar-refractivity contribution in [2.24, 2.45) is 0 Å². The van der Waals surface area contributed by atoms with Gasteiger partial charge in [0.05, 0.1) is 0 Å². The number of ether oxygens (including phenoxy) is 1. The van der Waals surface area contributed by atoms with Gasteiger partial charge in [-0.25, -0.2) is 4.79 Å². The maximum Gasteiger partial charge on any atom is 0.422 e. The van der Waals surface area contributed by atoms with Crippen LogP contribution in [0.25, 0.3) is 0 Å². The van der Waals surface area contributed by atoms with Gasteiger partial charge < -0.3 is 9.84 Å². The molecular formula is C7H9F3O3. The molecule has 0 fully saturated rings. The highest BCUT2D eigenvalue weighted by Gasteiger charge is 2.39. The lowest BCUT2D eigenvalue weighted by molar-refractivity contribution is -0.196. The summed E-state index contributed by atoms with van der Waals surface area (Å²) < 4.78 is 39.4. The summed E-state index contributed by atoms with van der Waals surface area (Å²) in [4.78, 5) is 10.6. The van der Waals surface area contributed by atoms with Crippen LogP contribution in [0.4, 0.5) is 13.2 Å². The second-order valence-electron chi connectivity index (χ2n) is 2.81. The van der Waals surface area contributed by atoms with Crippen LogP contribution in [0, 0.1) is 0 Å². The van der Waals surface area contributed by atoms with E-state index in [1.165, 1.54) is 0 Å². The molecule has 13 heavy (non-hydrogen) atoms. The average molecular weight is 198 g/mol. The summed E-state index contributed by atoms with van der Waals surface area (Å²) in [5.74, 6) is -3.62. The van der Waals surface area contributed by atoms with E-state index in [1.54, 1.807) is 0 Å². The second kappa shape index (κ2) is 3.37. The molecule has 0 aromatic heterocycles. The molecule has 0 aromatic rings. The Morgan fingerprint density at radius 2 is 1.77 bits per heavy atom. The largest absolute Gasteiger partial charge is 0.430 e. The number of rotatable bonds is 2. The zero-order chi connectivity index (χ0) is 10.9. The highest BCUT2D eigenvalue weighted by molar-refractivity contribution is 5.89. The van der Waals surface area contributed by atoms with E-state index in [4.69, 9.17) is 5.11 Å². The Morgan fingerprint density at radius 1 is 1.38 bits per heavy atom. The number of halogens is 3. The van der Waals surface area contributed by atoms with Gasteiger partial charge in [-0.2, -0.15) is 13.2 Å². The normalized spacial score (nSPS) is 12.5. The van der Waals surface area contributed by atoms with Crippen molar-refractivity contribution in [2.45, 2.75) is 25.8 Å². The maximum absolute atomic E-state index is 11.8. The summed E-state index contributed by atoms with van der Waals surface area (Å²) >= 11 is 0. The third-order valence-electron chi connectivity index (χ3n) is 0.931. The molecule has 0 radical (unpaired) electrons. The monoisotopic (exact) mass is 198 g/mol. The maximum atomic E-state index is 11.8. The average Bonchev–Trinajstić information content (AvgIpc) is 1.79. The summed E-state index contributed by atoms with van der Waals surface area (Å²) in [6.07, 6.45) is -4.83. The number of hydrogen-bond acceptors (Lipinski definition) is 3. The van der Waals surface area contributed by atoms with E-state index >= 15 is 0 Å². The molecule has 0 unspecified atom stereocenters. The smallest absolute Gasteiger partial charge is 0.422 e. The van der Waals surface area contributed by atoms with Crippen LogP contribution in [0.2, 0.25) is 0 Å². The molecule has 0 rings (SSSR count). The molecule has 6 heteroatoms. The number of aliphatic hydroxyl groups is 1. The number of carbonyl (C=O) groups excluding carboxylic acids is 1. The van der Waals surface area contributed by atoms with Crippen LogP contribution in [0.1, 0.15) is 13.8 Å². The van der Waals surface area contributed by atoms with Gasteiger partial charge in [-0.1, -0.05) is 6.58 Å². The van der Waals surface area contributed by atoms with Gasteiger partial charge in [-0.05, 0) is 0 Å². The fourth-order valence-electron chi connectivity index (χ4n) is 0.404. The Morgan fingerprint density at radius 3 is 2.00 bits per heavy atom. The molecule has 0 aliphatic carbocycles. The van der Waals surface area contributed by atoms with Gasteiger partial charge in [0, 0.05) is 13.8 Å². The number of alkyl halides is 3. The molecule has 0 amide bonds. The second-order valence-corrected chi connectivity index (χ2v) is 2.81. The molecule has 0 saturated heterocycles. The van der Waals surface area contributed by atoms with Crippen LogP contribution >= 0.6 is 0 Å². The molecule has 0 aromatic carbocycles. The van der Waals surface area contributed by atoms with E-state index in [9.17, 15) is 18.0 Å². The van der Waals surface area contributed by atoms with Crippen molar-refractivity contribution in [2.75, 3.05) is 0 Å². The van der Waals surface area contributed by atoms with Gasteiger partial charge in [0.15, 0.2) is 0 Å². The Bertz CT molecular complexity index is 224. The molecule has 0 heterocycles. The summed E-state index contributed by atoms with van der Waals surface area (Å²) in [7, 11) is 0. The van der Waals surface area contributed by atoms with Gasteiger partial charge in [0.2, 0.25) is 5.79 Å². The highest BCUT2D eigenvalue weighted by Crippen LogP contribution is 2.25. The van der Waals surface area contributed by atoms with E-state index in [1.807, 2.05) is 0 Å². The molecule has 3 nitrogen and oxygen atoms in total. The molecule has 0 saturated carbocycles. The Balaban J connectivity index is 4.40. The SMILES string of the molecule is C=C(C(=O)OC(C)(C)O)C(F)(F)F. The van der Waals surface area contributed by atoms with Crippen LogP contribution in [-0.4, -0.2) is 23.0 Å². The first-order valence-electron chi connectivity index (χ1n) is 3.26. The van der Waals surface area contributed by atoms with Crippen LogP contribution < -0.4 is 0 Å². The zero-order valence-corrected chi connectivity index (χ0v) is 7.10. The quantitative estimate of drug-likeness (QED) is 0.414. The van der Waals surface area contributed by atoms with Gasteiger partial charge in [0.25, 0.3) is 0 Å². The van der Waals surface area contributed by atoms with E-state index in [0.29, 0.717) is 0 Å². The lowest BCUT2D eigenvalue weighted by Gasteiger charge is -2.19. The van der Waals surface area contributed by atoms with Crippen molar-refractivity contribution in [3.63, 3.8) is 0 Å². The molecule has 0 aliphatic rings. The number of carbonyl (C=O) groups is 1. The summed E-state index contributed by atoms with van der Waals surface area (Å²) in [5, 5.41) is 8.85. The van der Waals surface area contributed by atoms with E-state index in [2.05, 4.69) is 11.3 Å². The van der Waals surface area contributed by atoms with E-state index in [0.717, 1.165) is 13.8 Å². The number of esters is 1. The molecule has 0 atom stereocenters. The van der Waals surface area contributed by atoms with Crippen LogP contribution in [0.3, 0.4) is 0 Å². The van der Waals surface area contributed by atoms with Crippen LogP contribution in [0.15, 0.2) is 12.2 Å². The Labute approximate surface area is 72.8 Å². The fraction of sp³-hybridized carbons (Fsp3) is 0.571. The molecule has 1 N–H and O–H groups in total. The first kappa shape index (κ1) is 12.0. The lowest BCUT2D eigenvalue weighted by Crippen LogP contribution is -2.31. The molecule has 0 bridgehead atoms. The predicted molar refractivity (Wildman–Crippen MR) is 37.6 cm³/mol. The van der Waals surface area contributed by atoms with Crippen molar-refractivity contribution >= 4 is 5.97 Å². The van der Waals surface area contributed by atoms with E-state index in [-0.39, 0.29) is 0 Å². The Kier molecular flexibility index (Phi) is 3.10. The molecular weight excluding hydrogens is 189 g/mol. The lowest BCUT2D eigenvalue weighted by atomic mass is 10.3. The van der Waals surface area contributed by atoms with E-state index < -0.39 is 23.5 Å². The van der Waals surface area contributed by atoms with Gasteiger partial charge in [-0.3, -0.25) is 0 Å². The van der Waals surface area contributed by atoms with Gasteiger partial charge in [-0.15, -0.1) is 0 Å². The fourth-order valence-corrected chi connectivity index (χ4v) is 0.404. The molecule has 0 aliphatic heterocycles. The topological polar surface area (TPSA) is 46.5 Å². The van der Waals surface area contributed by atoms with Gasteiger partial charge in [0.1, 0.15) is 5.57 Å². The first-order chi connectivity index (χ1) is 5.54. The van der Waals surface area contributed by atoms with Crippen molar-refractivity contribution in [3.05, 3.63) is 12.2 Å². The molecule has 0 spiro atoms. The minimum atomic E-state index is -4.83. The standard InChI is InChI=1S/C7H9F3O3/c1-4(7(8,9)10)5(11)13-6(2,3)12/h12H,1H2,2-3H3. The molecule has 76 valence electrons. The number of hydrogen-bond donors (Lipinski definition) is 1. The third-order valence-corrected chi connectivity index (χ3v) is 0.931. The van der Waals surface area contributed by atoms with Gasteiger partial charge >= 0.3 is 12.1 Å². The van der Waals surface area contributed by atoms with Crippen molar-refractivity contribution in [3.8, 4) is 0 Å². The summed E-state index contributed by atoms with van der Waals surface area (Å²) in [6, 6.07) is 0. The Hall–Kier alpha value is -1.04. The minimum Gasteiger partial charge on any atom is -0.430 e. The minimum absolute atomic E-state index is 1.04. The first-order valence-corrected chi connectivity index (χ1v) is 3.26. The summed E-state index contributed by atoms with van der Waals surface area (Å²) in [5.41, 5.74) is -1.64. The van der Waals surface area contributed by atoms with Crippen molar-refractivity contribution < 1.29 is 27.8 Å². The van der Waals surface area contributed by atoms with Crippen molar-refractivity contribution in [1.82, 2.24) is 0 Å². The highest BCUT2D eigenvalue weighted by atomic mass is 19.4. The third kappa shape index (κ3) is 4.51.